The Morgan fingerprint density at radius 1 is 1.40 bits per heavy atom. The number of fused-ring (bicyclic) bond motifs is 1. The van der Waals surface area contributed by atoms with Crippen molar-refractivity contribution in [3.63, 3.8) is 0 Å². The Morgan fingerprint density at radius 2 is 2.10 bits per heavy atom. The maximum Gasteiger partial charge on any atom is 0.451 e. The highest BCUT2D eigenvalue weighted by Crippen LogP contribution is 2.29. The Morgan fingerprint density at radius 3 is 2.70 bits per heavy atom. The lowest BCUT2D eigenvalue weighted by atomic mass is 10.2. The van der Waals surface area contributed by atoms with E-state index >= 15 is 0 Å². The summed E-state index contributed by atoms with van der Waals surface area (Å²) >= 11 is 0. The summed E-state index contributed by atoms with van der Waals surface area (Å²) in [6, 6.07) is 0. The number of carbonyl (C=O) groups excluding carboxylic acids is 1. The Kier molecular flexibility index (Phi) is 3.98. The van der Waals surface area contributed by atoms with Gasteiger partial charge in [-0.15, -0.1) is 10.2 Å². The topological polar surface area (TPSA) is 71.2 Å². The number of aliphatic hydroxyl groups is 1. The van der Waals surface area contributed by atoms with Gasteiger partial charge in [-0.3, -0.25) is 4.79 Å². The van der Waals surface area contributed by atoms with E-state index in [1.807, 2.05) is 0 Å². The van der Waals surface area contributed by atoms with Crippen molar-refractivity contribution in [2.45, 2.75) is 45.1 Å². The molecule has 0 spiro atoms. The lowest BCUT2D eigenvalue weighted by Crippen LogP contribution is -2.39. The molecule has 1 atom stereocenters. The Bertz CT molecular complexity index is 498. The SMILES string of the molecule is CC(O)CCC(=O)N1CCn2c(nnc2C(F)(F)F)C1. The van der Waals surface area contributed by atoms with E-state index in [9.17, 15) is 18.0 Å². The maximum atomic E-state index is 12.6. The first-order valence-electron chi connectivity index (χ1n) is 6.24. The predicted octanol–water partition coefficient (Wildman–Crippen LogP) is 0.800. The highest BCUT2D eigenvalue weighted by Gasteiger charge is 2.39. The molecule has 2 rings (SSSR count). The average molecular weight is 292 g/mol. The van der Waals surface area contributed by atoms with Gasteiger partial charge in [-0.25, -0.2) is 0 Å². The van der Waals surface area contributed by atoms with Gasteiger partial charge in [0, 0.05) is 19.5 Å². The van der Waals surface area contributed by atoms with Gasteiger partial charge < -0.3 is 14.6 Å². The number of nitrogens with zero attached hydrogens (tertiary/aromatic N) is 4. The molecule has 0 saturated heterocycles. The Labute approximate surface area is 113 Å². The molecule has 0 bridgehead atoms. The number of carbonyl (C=O) groups is 1. The van der Waals surface area contributed by atoms with E-state index < -0.39 is 18.1 Å². The normalized spacial score (nSPS) is 16.9. The van der Waals surface area contributed by atoms with E-state index in [0.717, 1.165) is 4.57 Å². The fraction of sp³-hybridized carbons (Fsp3) is 0.727. The second kappa shape index (κ2) is 5.39. The highest BCUT2D eigenvalue weighted by molar-refractivity contribution is 5.76. The quantitative estimate of drug-likeness (QED) is 0.894. The van der Waals surface area contributed by atoms with Gasteiger partial charge in [0.25, 0.3) is 0 Å². The van der Waals surface area contributed by atoms with Crippen molar-refractivity contribution < 1.29 is 23.1 Å². The third-order valence-corrected chi connectivity index (χ3v) is 3.14. The molecule has 1 aromatic heterocycles. The number of aromatic nitrogens is 3. The van der Waals surface area contributed by atoms with E-state index in [-0.39, 0.29) is 37.8 Å². The molecule has 2 heterocycles. The number of rotatable bonds is 3. The van der Waals surface area contributed by atoms with Gasteiger partial charge >= 0.3 is 6.18 Å². The highest BCUT2D eigenvalue weighted by atomic mass is 19.4. The van der Waals surface area contributed by atoms with E-state index in [0.29, 0.717) is 6.42 Å². The standard InChI is InChI=1S/C11H15F3N4O2/c1-7(19)2-3-9(20)17-4-5-18-8(6-17)15-16-10(18)11(12,13)14/h7,19H,2-6H2,1H3. The van der Waals surface area contributed by atoms with Crippen LogP contribution in [0.25, 0.3) is 0 Å². The van der Waals surface area contributed by atoms with Crippen LogP contribution in [0.4, 0.5) is 13.2 Å². The smallest absolute Gasteiger partial charge is 0.393 e. The van der Waals surface area contributed by atoms with Crippen LogP contribution in [-0.2, 0) is 24.1 Å². The van der Waals surface area contributed by atoms with Crippen LogP contribution < -0.4 is 0 Å². The predicted molar refractivity (Wildman–Crippen MR) is 61.4 cm³/mol. The van der Waals surface area contributed by atoms with Crippen LogP contribution in [0.5, 0.6) is 0 Å². The summed E-state index contributed by atoms with van der Waals surface area (Å²) < 4.78 is 38.9. The minimum Gasteiger partial charge on any atom is -0.393 e. The zero-order valence-electron chi connectivity index (χ0n) is 10.9. The first-order valence-corrected chi connectivity index (χ1v) is 6.24. The van der Waals surface area contributed by atoms with Crippen LogP contribution in [0, 0.1) is 0 Å². The zero-order valence-corrected chi connectivity index (χ0v) is 10.9. The molecule has 1 N–H and O–H groups in total. The fourth-order valence-corrected chi connectivity index (χ4v) is 2.07. The monoisotopic (exact) mass is 292 g/mol. The van der Waals surface area contributed by atoms with E-state index in [2.05, 4.69) is 10.2 Å². The van der Waals surface area contributed by atoms with Gasteiger partial charge in [-0.05, 0) is 13.3 Å². The third kappa shape index (κ3) is 3.09. The van der Waals surface area contributed by atoms with Gasteiger partial charge in [0.2, 0.25) is 11.7 Å². The molecule has 9 heteroatoms. The summed E-state index contributed by atoms with van der Waals surface area (Å²) in [5.41, 5.74) is 0. The fourth-order valence-electron chi connectivity index (χ4n) is 2.07. The lowest BCUT2D eigenvalue weighted by Gasteiger charge is -2.28. The van der Waals surface area contributed by atoms with Crippen molar-refractivity contribution >= 4 is 5.91 Å². The van der Waals surface area contributed by atoms with Crippen molar-refractivity contribution in [1.29, 1.82) is 0 Å². The van der Waals surface area contributed by atoms with E-state index in [1.54, 1.807) is 6.92 Å². The van der Waals surface area contributed by atoms with E-state index in [4.69, 9.17) is 5.11 Å². The minimum absolute atomic E-state index is 0.0156. The van der Waals surface area contributed by atoms with Crippen LogP contribution in [0.15, 0.2) is 0 Å². The minimum atomic E-state index is -4.54. The molecule has 0 radical (unpaired) electrons. The summed E-state index contributed by atoms with van der Waals surface area (Å²) in [4.78, 5) is 13.3. The third-order valence-electron chi connectivity index (χ3n) is 3.14. The summed E-state index contributed by atoms with van der Waals surface area (Å²) in [7, 11) is 0. The second-order valence-electron chi connectivity index (χ2n) is 4.79. The molecule has 1 aromatic rings. The van der Waals surface area contributed by atoms with Crippen molar-refractivity contribution in [3.8, 4) is 0 Å². The van der Waals surface area contributed by atoms with Gasteiger partial charge in [-0.2, -0.15) is 13.2 Å². The number of aliphatic hydroxyl groups excluding tert-OH is 1. The number of alkyl halides is 3. The van der Waals surface area contributed by atoms with Crippen molar-refractivity contribution in [1.82, 2.24) is 19.7 Å². The Hall–Kier alpha value is -1.64. The van der Waals surface area contributed by atoms with Crippen LogP contribution in [-0.4, -0.2) is 43.3 Å². The molecule has 112 valence electrons. The van der Waals surface area contributed by atoms with Crippen molar-refractivity contribution in [2.24, 2.45) is 0 Å². The summed E-state index contributed by atoms with van der Waals surface area (Å²) in [5.74, 6) is -1.09. The molecular formula is C11H15F3N4O2. The second-order valence-corrected chi connectivity index (χ2v) is 4.79. The molecule has 0 fully saturated rings. The molecule has 1 unspecified atom stereocenters. The van der Waals surface area contributed by atoms with Crippen molar-refractivity contribution in [2.75, 3.05) is 6.54 Å². The molecule has 6 nitrogen and oxygen atoms in total. The number of amides is 1. The summed E-state index contributed by atoms with van der Waals surface area (Å²) in [5, 5.41) is 15.8. The zero-order chi connectivity index (χ0) is 14.9. The Balaban J connectivity index is 2.05. The first-order chi connectivity index (χ1) is 9.29. The summed E-state index contributed by atoms with van der Waals surface area (Å²) in [6.45, 7) is 1.81. The number of hydrogen-bond acceptors (Lipinski definition) is 4. The van der Waals surface area contributed by atoms with Gasteiger partial charge in [0.1, 0.15) is 0 Å². The lowest BCUT2D eigenvalue weighted by molar-refractivity contribution is -0.148. The number of hydrogen-bond donors (Lipinski definition) is 1. The maximum absolute atomic E-state index is 12.6. The van der Waals surface area contributed by atoms with Crippen LogP contribution in [0.3, 0.4) is 0 Å². The van der Waals surface area contributed by atoms with Gasteiger partial charge in [0.05, 0.1) is 12.6 Å². The van der Waals surface area contributed by atoms with Crippen LogP contribution in [0.2, 0.25) is 0 Å². The number of halogens is 3. The molecule has 20 heavy (non-hydrogen) atoms. The molecule has 1 aliphatic rings. The summed E-state index contributed by atoms with van der Waals surface area (Å²) in [6.07, 6.45) is -4.62. The van der Waals surface area contributed by atoms with E-state index in [1.165, 1.54) is 4.90 Å². The van der Waals surface area contributed by atoms with Crippen LogP contribution in [0.1, 0.15) is 31.4 Å². The largest absolute Gasteiger partial charge is 0.451 e. The van der Waals surface area contributed by atoms with Crippen molar-refractivity contribution in [3.05, 3.63) is 11.6 Å². The molecule has 1 aliphatic heterocycles. The van der Waals surface area contributed by atoms with Gasteiger partial charge in [0.15, 0.2) is 5.82 Å². The molecule has 0 aromatic carbocycles. The average Bonchev–Trinajstić information content (AvgIpc) is 2.78. The van der Waals surface area contributed by atoms with Gasteiger partial charge in [-0.1, -0.05) is 0 Å². The molecule has 1 amide bonds. The molecule has 0 aliphatic carbocycles. The first kappa shape index (κ1) is 14.8. The van der Waals surface area contributed by atoms with Crippen LogP contribution >= 0.6 is 0 Å². The molecule has 0 saturated carbocycles. The molecular weight excluding hydrogens is 277 g/mol.